The molecule has 0 rings (SSSR count). The molecule has 0 spiro atoms. The van der Waals surface area contributed by atoms with Crippen LogP contribution in [0.25, 0.3) is 0 Å². The third-order valence-corrected chi connectivity index (χ3v) is 11.4. The molecule has 0 aliphatic rings. The molecule has 0 fully saturated rings. The van der Waals surface area contributed by atoms with Gasteiger partial charge in [-0.25, -0.2) is 0 Å². The highest BCUT2D eigenvalue weighted by molar-refractivity contribution is 5.76. The van der Waals surface area contributed by atoms with Crippen LogP contribution in [0.5, 0.6) is 0 Å². The summed E-state index contributed by atoms with van der Waals surface area (Å²) in [4.78, 5) is 12.5. The van der Waals surface area contributed by atoms with E-state index in [9.17, 15) is 15.0 Å². The summed E-state index contributed by atoms with van der Waals surface area (Å²) >= 11 is 0. The van der Waals surface area contributed by atoms with Crippen LogP contribution in [-0.4, -0.2) is 34.9 Å². The van der Waals surface area contributed by atoms with Crippen LogP contribution < -0.4 is 5.32 Å². The molecule has 328 valence electrons. The number of allylic oxidation sites excluding steroid dienone is 8. The molecule has 4 heteroatoms. The van der Waals surface area contributed by atoms with Crippen LogP contribution in [0.2, 0.25) is 0 Å². The Morgan fingerprint density at radius 3 is 1.18 bits per heavy atom. The average Bonchev–Trinajstić information content (AvgIpc) is 3.20. The van der Waals surface area contributed by atoms with Gasteiger partial charge in [-0.2, -0.15) is 0 Å². The Hall–Kier alpha value is -1.65. The van der Waals surface area contributed by atoms with Crippen LogP contribution in [0.1, 0.15) is 258 Å². The molecule has 0 bridgehead atoms. The first-order valence-electron chi connectivity index (χ1n) is 24.8. The van der Waals surface area contributed by atoms with E-state index in [2.05, 4.69) is 67.8 Å². The Morgan fingerprint density at radius 1 is 0.446 bits per heavy atom. The molecule has 0 aliphatic carbocycles. The molecule has 0 aromatic carbocycles. The number of hydrogen-bond acceptors (Lipinski definition) is 3. The summed E-state index contributed by atoms with van der Waals surface area (Å²) in [6.45, 7) is 4.26. The second kappa shape index (κ2) is 47.7. The number of hydrogen-bond donors (Lipinski definition) is 3. The summed E-state index contributed by atoms with van der Waals surface area (Å²) in [5.74, 6) is -0.0311. The van der Waals surface area contributed by atoms with Crippen molar-refractivity contribution in [1.82, 2.24) is 5.32 Å². The average molecular weight is 784 g/mol. The van der Waals surface area contributed by atoms with Crippen LogP contribution in [0, 0.1) is 0 Å². The van der Waals surface area contributed by atoms with Crippen LogP contribution >= 0.6 is 0 Å². The second-order valence-electron chi connectivity index (χ2n) is 16.9. The minimum absolute atomic E-state index is 0.0311. The minimum Gasteiger partial charge on any atom is -0.394 e. The number of aliphatic hydroxyl groups is 2. The molecule has 2 unspecified atom stereocenters. The zero-order valence-corrected chi connectivity index (χ0v) is 37.7. The van der Waals surface area contributed by atoms with E-state index in [4.69, 9.17) is 0 Å². The van der Waals surface area contributed by atoms with E-state index in [1.165, 1.54) is 180 Å². The van der Waals surface area contributed by atoms with E-state index in [1.54, 1.807) is 0 Å². The van der Waals surface area contributed by atoms with Gasteiger partial charge < -0.3 is 15.5 Å². The van der Waals surface area contributed by atoms with Gasteiger partial charge in [0.1, 0.15) is 0 Å². The first-order chi connectivity index (χ1) is 27.7. The summed E-state index contributed by atoms with van der Waals surface area (Å²) in [7, 11) is 0. The predicted octanol–water partition coefficient (Wildman–Crippen LogP) is 15.9. The number of unbranched alkanes of at least 4 members (excludes halogenated alkanes) is 30. The number of aliphatic hydroxyl groups excluding tert-OH is 2. The van der Waals surface area contributed by atoms with E-state index >= 15 is 0 Å². The van der Waals surface area contributed by atoms with Crippen LogP contribution in [0.4, 0.5) is 0 Å². The fourth-order valence-electron chi connectivity index (χ4n) is 7.59. The van der Waals surface area contributed by atoms with Crippen molar-refractivity contribution in [3.63, 3.8) is 0 Å². The molecule has 4 nitrogen and oxygen atoms in total. The van der Waals surface area contributed by atoms with Crippen molar-refractivity contribution in [2.45, 2.75) is 270 Å². The number of carbonyl (C=O) groups is 1. The van der Waals surface area contributed by atoms with Crippen molar-refractivity contribution in [2.75, 3.05) is 6.61 Å². The van der Waals surface area contributed by atoms with E-state index in [1.807, 2.05) is 0 Å². The Balaban J connectivity index is 3.48. The smallest absolute Gasteiger partial charge is 0.220 e. The molecular weight excluding hydrogens is 687 g/mol. The number of nitrogens with one attached hydrogen (secondary N) is 1. The summed E-state index contributed by atoms with van der Waals surface area (Å²) in [6, 6.07) is -0.537. The lowest BCUT2D eigenvalue weighted by Gasteiger charge is -2.22. The highest BCUT2D eigenvalue weighted by Crippen LogP contribution is 2.17. The Kier molecular flexibility index (Phi) is 46.3. The predicted molar refractivity (Wildman–Crippen MR) is 248 cm³/mol. The standard InChI is InChI=1S/C52H97NO3/c1-3-5-7-9-11-13-15-17-19-21-22-23-24-25-26-27-28-29-30-32-34-36-38-40-42-44-46-48-52(56)53-50(49-54)51(55)47-45-43-41-39-37-35-33-31-20-18-16-14-12-10-8-6-4-2/h5,7,11,13,17,19,22-23,50-51,54-55H,3-4,6,8-10,12,14-16,18,20-21,24-49H2,1-2H3,(H,53,56)/b7-5-,13-11-,19-17-,23-22-. The maximum absolute atomic E-state index is 12.5. The van der Waals surface area contributed by atoms with Gasteiger partial charge in [-0.15, -0.1) is 0 Å². The molecule has 3 N–H and O–H groups in total. The quantitative estimate of drug-likeness (QED) is 0.0425. The van der Waals surface area contributed by atoms with E-state index < -0.39 is 12.1 Å². The maximum atomic E-state index is 12.5. The largest absolute Gasteiger partial charge is 0.394 e. The second-order valence-corrected chi connectivity index (χ2v) is 16.9. The third-order valence-electron chi connectivity index (χ3n) is 11.4. The van der Waals surface area contributed by atoms with Gasteiger partial charge in [0, 0.05) is 6.42 Å². The summed E-state index contributed by atoms with van der Waals surface area (Å²) in [5.41, 5.74) is 0. The van der Waals surface area contributed by atoms with Crippen molar-refractivity contribution < 1.29 is 15.0 Å². The summed E-state index contributed by atoms with van der Waals surface area (Å²) in [5, 5.41) is 23.3. The summed E-state index contributed by atoms with van der Waals surface area (Å²) < 4.78 is 0. The van der Waals surface area contributed by atoms with Crippen molar-refractivity contribution in [1.29, 1.82) is 0 Å². The van der Waals surface area contributed by atoms with Crippen LogP contribution in [0.3, 0.4) is 0 Å². The summed E-state index contributed by atoms with van der Waals surface area (Å²) in [6.07, 6.45) is 64.9. The zero-order chi connectivity index (χ0) is 40.7. The van der Waals surface area contributed by atoms with Gasteiger partial charge in [-0.3, -0.25) is 4.79 Å². The molecule has 0 aromatic rings. The van der Waals surface area contributed by atoms with Gasteiger partial charge in [0.25, 0.3) is 0 Å². The molecule has 0 aromatic heterocycles. The molecule has 1 amide bonds. The topological polar surface area (TPSA) is 69.6 Å². The zero-order valence-electron chi connectivity index (χ0n) is 37.7. The van der Waals surface area contributed by atoms with Gasteiger partial charge in [0.15, 0.2) is 0 Å². The molecule has 2 atom stereocenters. The number of amides is 1. The molecule has 0 aliphatic heterocycles. The first kappa shape index (κ1) is 54.3. The molecule has 0 saturated carbocycles. The fraction of sp³-hybridized carbons (Fsp3) is 0.827. The Morgan fingerprint density at radius 2 is 0.786 bits per heavy atom. The van der Waals surface area contributed by atoms with Gasteiger partial charge >= 0.3 is 0 Å². The van der Waals surface area contributed by atoms with E-state index in [0.717, 1.165) is 51.4 Å². The lowest BCUT2D eigenvalue weighted by molar-refractivity contribution is -0.123. The van der Waals surface area contributed by atoms with Gasteiger partial charge in [-0.05, 0) is 51.4 Å². The van der Waals surface area contributed by atoms with Gasteiger partial charge in [-0.1, -0.05) is 249 Å². The Labute approximate surface area is 350 Å². The fourth-order valence-corrected chi connectivity index (χ4v) is 7.59. The molecule has 0 heterocycles. The number of carbonyl (C=O) groups excluding carboxylic acids is 1. The minimum atomic E-state index is -0.660. The van der Waals surface area contributed by atoms with Crippen LogP contribution in [0.15, 0.2) is 48.6 Å². The molecule has 0 saturated heterocycles. The SMILES string of the molecule is CC/C=C\C/C=C\C/C=C\C/C=C\CCCCCCCCCCCCCCCCC(=O)NC(CO)C(O)CCCCCCCCCCCCCCCCCCC. The van der Waals surface area contributed by atoms with E-state index in [-0.39, 0.29) is 12.5 Å². The first-order valence-corrected chi connectivity index (χ1v) is 24.8. The van der Waals surface area contributed by atoms with E-state index in [0.29, 0.717) is 12.8 Å². The molecule has 0 radical (unpaired) electrons. The Bertz CT molecular complexity index is 893. The van der Waals surface area contributed by atoms with Gasteiger partial charge in [0.05, 0.1) is 18.8 Å². The monoisotopic (exact) mass is 784 g/mol. The van der Waals surface area contributed by atoms with Crippen LogP contribution in [-0.2, 0) is 4.79 Å². The van der Waals surface area contributed by atoms with Crippen molar-refractivity contribution in [3.8, 4) is 0 Å². The number of rotatable bonds is 45. The molecular formula is C52H97NO3. The lowest BCUT2D eigenvalue weighted by atomic mass is 10.0. The van der Waals surface area contributed by atoms with Gasteiger partial charge in [0.2, 0.25) is 5.91 Å². The molecule has 56 heavy (non-hydrogen) atoms. The third kappa shape index (κ3) is 43.5. The highest BCUT2D eigenvalue weighted by Gasteiger charge is 2.20. The lowest BCUT2D eigenvalue weighted by Crippen LogP contribution is -2.45. The highest BCUT2D eigenvalue weighted by atomic mass is 16.3. The van der Waals surface area contributed by atoms with Crippen molar-refractivity contribution in [2.24, 2.45) is 0 Å². The maximum Gasteiger partial charge on any atom is 0.220 e. The normalized spacial score (nSPS) is 13.3. The van der Waals surface area contributed by atoms with Crippen molar-refractivity contribution in [3.05, 3.63) is 48.6 Å². The van der Waals surface area contributed by atoms with Crippen molar-refractivity contribution >= 4 is 5.91 Å².